The number of aliphatic hydroxyl groups is 1. The normalized spacial score (nSPS) is 12.2. The fraction of sp³-hybridized carbons (Fsp3) is 0.200. The van der Waals surface area contributed by atoms with Crippen LogP contribution in [0, 0.1) is 17.0 Å². The van der Waals surface area contributed by atoms with Crippen molar-refractivity contribution in [2.75, 3.05) is 0 Å². The molecule has 0 bridgehead atoms. The van der Waals surface area contributed by atoms with Crippen molar-refractivity contribution in [1.29, 1.82) is 0 Å². The summed E-state index contributed by atoms with van der Waals surface area (Å²) < 4.78 is 0. The predicted molar refractivity (Wildman–Crippen MR) is 77.9 cm³/mol. The van der Waals surface area contributed by atoms with E-state index in [0.717, 1.165) is 16.7 Å². The van der Waals surface area contributed by atoms with Crippen LogP contribution in [0.4, 0.5) is 5.69 Å². The van der Waals surface area contributed by atoms with Crippen molar-refractivity contribution in [2.45, 2.75) is 19.4 Å². The molecule has 0 spiro atoms. The van der Waals surface area contributed by atoms with Gasteiger partial charge in [-0.3, -0.25) is 10.1 Å². The molecule has 1 atom stereocenters. The number of nitro benzene ring substituents is 1. The molecule has 0 aliphatic rings. The van der Waals surface area contributed by atoms with Crippen LogP contribution in [-0.2, 0) is 6.42 Å². The maximum absolute atomic E-state index is 10.6. The molecule has 0 saturated carbocycles. The van der Waals surface area contributed by atoms with Crippen molar-refractivity contribution in [2.24, 2.45) is 0 Å². The van der Waals surface area contributed by atoms with Crippen LogP contribution < -0.4 is 0 Å². The van der Waals surface area contributed by atoms with Crippen LogP contribution in [0.3, 0.4) is 0 Å². The van der Waals surface area contributed by atoms with Crippen LogP contribution in [0.25, 0.3) is 0 Å². The molecule has 0 heterocycles. The average Bonchev–Trinajstić information content (AvgIpc) is 2.42. The van der Waals surface area contributed by atoms with Gasteiger partial charge in [-0.05, 0) is 29.7 Å². The molecule has 0 aliphatic heterocycles. The topological polar surface area (TPSA) is 63.4 Å². The summed E-state index contributed by atoms with van der Waals surface area (Å²) in [7, 11) is 0. The third kappa shape index (κ3) is 3.35. The molecular formula is C15H14ClNO3. The molecule has 1 N–H and O–H groups in total. The van der Waals surface area contributed by atoms with Gasteiger partial charge in [-0.15, -0.1) is 0 Å². The van der Waals surface area contributed by atoms with E-state index in [9.17, 15) is 15.2 Å². The third-order valence-electron chi connectivity index (χ3n) is 3.14. The lowest BCUT2D eigenvalue weighted by molar-refractivity contribution is -0.384. The quantitative estimate of drug-likeness (QED) is 0.688. The van der Waals surface area contributed by atoms with E-state index >= 15 is 0 Å². The molecule has 104 valence electrons. The third-order valence-corrected chi connectivity index (χ3v) is 3.57. The number of nitrogens with zero attached hydrogens (tertiary/aromatic N) is 1. The van der Waals surface area contributed by atoms with Gasteiger partial charge in [0, 0.05) is 23.6 Å². The van der Waals surface area contributed by atoms with E-state index in [4.69, 9.17) is 11.6 Å². The van der Waals surface area contributed by atoms with Crippen molar-refractivity contribution in [1.82, 2.24) is 0 Å². The lowest BCUT2D eigenvalue weighted by atomic mass is 10.00. The summed E-state index contributed by atoms with van der Waals surface area (Å²) in [6, 6.07) is 11.6. The number of nitro groups is 1. The van der Waals surface area contributed by atoms with Crippen LogP contribution in [0.1, 0.15) is 22.8 Å². The van der Waals surface area contributed by atoms with Gasteiger partial charge in [0.2, 0.25) is 0 Å². The first-order valence-electron chi connectivity index (χ1n) is 6.15. The van der Waals surface area contributed by atoms with Crippen LogP contribution in [0.5, 0.6) is 0 Å². The molecule has 2 aromatic rings. The molecule has 1 unspecified atom stereocenters. The molecule has 4 nitrogen and oxygen atoms in total. The molecule has 20 heavy (non-hydrogen) atoms. The van der Waals surface area contributed by atoms with E-state index < -0.39 is 11.0 Å². The molecule has 0 aliphatic carbocycles. The maximum atomic E-state index is 10.6. The number of halogens is 1. The van der Waals surface area contributed by atoms with E-state index in [-0.39, 0.29) is 5.69 Å². The Balaban J connectivity index is 2.12. The zero-order valence-corrected chi connectivity index (χ0v) is 11.7. The van der Waals surface area contributed by atoms with Gasteiger partial charge in [0.25, 0.3) is 5.69 Å². The van der Waals surface area contributed by atoms with Crippen LogP contribution in [0.15, 0.2) is 42.5 Å². The molecular weight excluding hydrogens is 278 g/mol. The Morgan fingerprint density at radius 3 is 2.45 bits per heavy atom. The molecule has 0 aromatic heterocycles. The monoisotopic (exact) mass is 291 g/mol. The van der Waals surface area contributed by atoms with Gasteiger partial charge in [-0.1, -0.05) is 35.9 Å². The smallest absolute Gasteiger partial charge is 0.269 e. The van der Waals surface area contributed by atoms with Gasteiger partial charge < -0.3 is 5.11 Å². The van der Waals surface area contributed by atoms with Crippen molar-refractivity contribution in [3.8, 4) is 0 Å². The van der Waals surface area contributed by atoms with Crippen LogP contribution in [-0.4, -0.2) is 10.0 Å². The van der Waals surface area contributed by atoms with E-state index in [2.05, 4.69) is 0 Å². The summed E-state index contributed by atoms with van der Waals surface area (Å²) in [5, 5.41) is 21.4. The summed E-state index contributed by atoms with van der Waals surface area (Å²) in [5.74, 6) is 0. The Morgan fingerprint density at radius 2 is 1.90 bits per heavy atom. The standard InChI is InChI=1S/C15H14ClNO3/c1-10-8-12(4-7-14(10)16)15(18)9-11-2-5-13(6-3-11)17(19)20/h2-8,15,18H,9H2,1H3. The van der Waals surface area contributed by atoms with Gasteiger partial charge >= 0.3 is 0 Å². The number of aryl methyl sites for hydroxylation is 1. The fourth-order valence-corrected chi connectivity index (χ4v) is 2.09. The fourth-order valence-electron chi connectivity index (χ4n) is 1.97. The highest BCUT2D eigenvalue weighted by atomic mass is 35.5. The summed E-state index contributed by atoms with van der Waals surface area (Å²) in [5.41, 5.74) is 2.58. The number of rotatable bonds is 4. The lowest BCUT2D eigenvalue weighted by Crippen LogP contribution is -2.02. The second-order valence-corrected chi connectivity index (χ2v) is 5.06. The Hall–Kier alpha value is -1.91. The zero-order chi connectivity index (χ0) is 14.7. The highest BCUT2D eigenvalue weighted by Gasteiger charge is 2.11. The van der Waals surface area contributed by atoms with E-state index in [1.165, 1.54) is 12.1 Å². The van der Waals surface area contributed by atoms with Crippen molar-refractivity contribution < 1.29 is 10.0 Å². The van der Waals surface area contributed by atoms with Crippen molar-refractivity contribution in [3.05, 3.63) is 74.3 Å². The lowest BCUT2D eigenvalue weighted by Gasteiger charge is -2.12. The second kappa shape index (κ2) is 6.03. The number of hydrogen-bond acceptors (Lipinski definition) is 3. The largest absolute Gasteiger partial charge is 0.388 e. The molecule has 2 rings (SSSR count). The second-order valence-electron chi connectivity index (χ2n) is 4.65. The highest BCUT2D eigenvalue weighted by Crippen LogP contribution is 2.24. The summed E-state index contributed by atoms with van der Waals surface area (Å²) in [4.78, 5) is 10.1. The molecule has 5 heteroatoms. The van der Waals surface area contributed by atoms with E-state index in [0.29, 0.717) is 11.4 Å². The first kappa shape index (κ1) is 14.5. The minimum atomic E-state index is -0.660. The van der Waals surface area contributed by atoms with Crippen LogP contribution >= 0.6 is 11.6 Å². The minimum absolute atomic E-state index is 0.0468. The van der Waals surface area contributed by atoms with Crippen LogP contribution in [0.2, 0.25) is 5.02 Å². The van der Waals surface area contributed by atoms with Gasteiger partial charge in [-0.2, -0.15) is 0 Å². The molecule has 0 amide bonds. The minimum Gasteiger partial charge on any atom is -0.388 e. The van der Waals surface area contributed by atoms with Gasteiger partial charge in [-0.25, -0.2) is 0 Å². The van der Waals surface area contributed by atoms with Gasteiger partial charge in [0.1, 0.15) is 0 Å². The molecule has 0 fully saturated rings. The number of aliphatic hydroxyl groups excluding tert-OH is 1. The van der Waals surface area contributed by atoms with E-state index in [1.54, 1.807) is 24.3 Å². The van der Waals surface area contributed by atoms with E-state index in [1.807, 2.05) is 13.0 Å². The number of hydrogen-bond donors (Lipinski definition) is 1. The predicted octanol–water partition coefficient (Wildman–Crippen LogP) is 3.83. The van der Waals surface area contributed by atoms with Crippen molar-refractivity contribution in [3.63, 3.8) is 0 Å². The number of benzene rings is 2. The molecule has 0 saturated heterocycles. The molecule has 2 aromatic carbocycles. The Morgan fingerprint density at radius 1 is 1.25 bits per heavy atom. The first-order chi connectivity index (χ1) is 9.47. The Labute approximate surface area is 121 Å². The average molecular weight is 292 g/mol. The summed E-state index contributed by atoms with van der Waals surface area (Å²) in [6.45, 7) is 1.88. The Kier molecular flexibility index (Phi) is 4.37. The summed E-state index contributed by atoms with van der Waals surface area (Å²) >= 11 is 5.95. The maximum Gasteiger partial charge on any atom is 0.269 e. The number of non-ortho nitro benzene ring substituents is 1. The van der Waals surface area contributed by atoms with Gasteiger partial charge in [0.05, 0.1) is 11.0 Å². The summed E-state index contributed by atoms with van der Waals surface area (Å²) in [6.07, 6.45) is -0.258. The Bertz CT molecular complexity index is 626. The zero-order valence-electron chi connectivity index (χ0n) is 10.9. The highest BCUT2D eigenvalue weighted by molar-refractivity contribution is 6.31. The van der Waals surface area contributed by atoms with Gasteiger partial charge in [0.15, 0.2) is 0 Å². The first-order valence-corrected chi connectivity index (χ1v) is 6.52. The molecule has 0 radical (unpaired) electrons. The van der Waals surface area contributed by atoms with Crippen molar-refractivity contribution >= 4 is 17.3 Å². The SMILES string of the molecule is Cc1cc(C(O)Cc2ccc([N+](=O)[O-])cc2)ccc1Cl.